The van der Waals surface area contributed by atoms with Crippen LogP contribution >= 0.6 is 0 Å². The summed E-state index contributed by atoms with van der Waals surface area (Å²) in [4.78, 5) is 8.17. The number of aromatic nitrogens is 4. The number of rotatable bonds is 4. The van der Waals surface area contributed by atoms with Gasteiger partial charge in [0.15, 0.2) is 0 Å². The summed E-state index contributed by atoms with van der Waals surface area (Å²) in [5.74, 6) is 0.303. The van der Waals surface area contributed by atoms with Gasteiger partial charge in [-0.3, -0.25) is 4.98 Å². The van der Waals surface area contributed by atoms with Crippen LogP contribution in [-0.2, 0) is 0 Å². The van der Waals surface area contributed by atoms with Gasteiger partial charge in [-0.15, -0.1) is 0 Å². The first-order valence-electron chi connectivity index (χ1n) is 6.42. The molecule has 1 aromatic carbocycles. The van der Waals surface area contributed by atoms with Crippen LogP contribution in [0, 0.1) is 0 Å². The molecule has 0 amide bonds. The normalized spacial score (nSPS) is 12.1. The van der Waals surface area contributed by atoms with Gasteiger partial charge in [0.2, 0.25) is 5.88 Å². The van der Waals surface area contributed by atoms with Crippen LogP contribution in [0.4, 0.5) is 0 Å². The van der Waals surface area contributed by atoms with Gasteiger partial charge in [-0.2, -0.15) is 5.10 Å². The third-order valence-corrected chi connectivity index (χ3v) is 3.08. The Hall–Kier alpha value is -2.73. The van der Waals surface area contributed by atoms with Gasteiger partial charge >= 0.3 is 0 Å². The third-order valence-electron chi connectivity index (χ3n) is 3.08. The van der Waals surface area contributed by atoms with Gasteiger partial charge in [-0.1, -0.05) is 18.2 Å². The first-order chi connectivity index (χ1) is 10.3. The molecule has 106 valence electrons. The van der Waals surface area contributed by atoms with E-state index in [4.69, 9.17) is 4.74 Å². The monoisotopic (exact) mass is 282 g/mol. The predicted octanol–water partition coefficient (Wildman–Crippen LogP) is 1.75. The molecule has 0 fully saturated rings. The van der Waals surface area contributed by atoms with E-state index >= 15 is 0 Å². The fourth-order valence-corrected chi connectivity index (χ4v) is 2.04. The van der Waals surface area contributed by atoms with E-state index in [1.165, 1.54) is 19.5 Å². The molecule has 21 heavy (non-hydrogen) atoms. The molecule has 3 rings (SSSR count). The van der Waals surface area contributed by atoms with Crippen LogP contribution in [-0.4, -0.2) is 32.0 Å². The van der Waals surface area contributed by atoms with E-state index in [-0.39, 0.29) is 0 Å². The molecule has 0 aliphatic rings. The van der Waals surface area contributed by atoms with Crippen LogP contribution in [0.25, 0.3) is 5.69 Å². The number of ether oxygens (including phenoxy) is 1. The summed E-state index contributed by atoms with van der Waals surface area (Å²) in [7, 11) is 1.49. The lowest BCUT2D eigenvalue weighted by Crippen LogP contribution is -2.05. The average Bonchev–Trinajstić information content (AvgIpc) is 3.05. The van der Waals surface area contributed by atoms with Crippen molar-refractivity contribution in [2.75, 3.05) is 7.11 Å². The SMILES string of the molecule is COc1nccnc1C(O)c1cnn(-c2ccccc2)c1. The highest BCUT2D eigenvalue weighted by Crippen LogP contribution is 2.26. The lowest BCUT2D eigenvalue weighted by molar-refractivity contribution is 0.207. The quantitative estimate of drug-likeness (QED) is 0.789. The average molecular weight is 282 g/mol. The van der Waals surface area contributed by atoms with Gasteiger partial charge < -0.3 is 9.84 Å². The smallest absolute Gasteiger partial charge is 0.238 e. The van der Waals surface area contributed by atoms with Gasteiger partial charge in [0.1, 0.15) is 11.8 Å². The summed E-state index contributed by atoms with van der Waals surface area (Å²) in [5, 5.41) is 14.7. The van der Waals surface area contributed by atoms with Crippen LogP contribution < -0.4 is 4.74 Å². The van der Waals surface area contributed by atoms with Crippen molar-refractivity contribution in [2.45, 2.75) is 6.10 Å². The van der Waals surface area contributed by atoms with E-state index in [0.717, 1.165) is 5.69 Å². The molecule has 0 saturated carbocycles. The van der Waals surface area contributed by atoms with E-state index in [9.17, 15) is 5.11 Å². The highest BCUT2D eigenvalue weighted by atomic mass is 16.5. The fraction of sp³-hybridized carbons (Fsp3) is 0.133. The van der Waals surface area contributed by atoms with E-state index in [1.54, 1.807) is 17.1 Å². The molecule has 3 aromatic rings. The molecule has 0 saturated heterocycles. The third kappa shape index (κ3) is 2.61. The van der Waals surface area contributed by atoms with Crippen molar-refractivity contribution in [3.8, 4) is 11.6 Å². The maximum Gasteiger partial charge on any atom is 0.238 e. The first kappa shape index (κ1) is 13.3. The Balaban J connectivity index is 1.93. The molecule has 0 radical (unpaired) electrons. The molecule has 2 aromatic heterocycles. The van der Waals surface area contributed by atoms with Crippen molar-refractivity contribution < 1.29 is 9.84 Å². The number of hydrogen-bond acceptors (Lipinski definition) is 5. The summed E-state index contributed by atoms with van der Waals surface area (Å²) in [6, 6.07) is 9.67. The van der Waals surface area contributed by atoms with Crippen LogP contribution in [0.2, 0.25) is 0 Å². The second-order valence-corrected chi connectivity index (χ2v) is 4.41. The van der Waals surface area contributed by atoms with E-state index < -0.39 is 6.10 Å². The molecule has 0 aliphatic carbocycles. The minimum absolute atomic E-state index is 0.303. The lowest BCUT2D eigenvalue weighted by atomic mass is 10.1. The van der Waals surface area contributed by atoms with Gasteiger partial charge in [-0.25, -0.2) is 9.67 Å². The van der Waals surface area contributed by atoms with Gasteiger partial charge in [0.05, 0.1) is 19.0 Å². The topological polar surface area (TPSA) is 73.1 Å². The summed E-state index contributed by atoms with van der Waals surface area (Å²) < 4.78 is 6.81. The zero-order chi connectivity index (χ0) is 14.7. The van der Waals surface area contributed by atoms with Crippen molar-refractivity contribution in [3.63, 3.8) is 0 Å². The second kappa shape index (κ2) is 5.72. The Bertz CT molecular complexity index is 727. The molecule has 1 atom stereocenters. The molecule has 1 unspecified atom stereocenters. The minimum atomic E-state index is -0.939. The van der Waals surface area contributed by atoms with E-state index in [2.05, 4.69) is 15.1 Å². The van der Waals surface area contributed by atoms with Crippen LogP contribution in [0.3, 0.4) is 0 Å². The highest BCUT2D eigenvalue weighted by molar-refractivity contribution is 5.33. The van der Waals surface area contributed by atoms with Crippen LogP contribution in [0.5, 0.6) is 5.88 Å². The Morgan fingerprint density at radius 2 is 1.90 bits per heavy atom. The van der Waals surface area contributed by atoms with Crippen LogP contribution in [0.1, 0.15) is 17.4 Å². The Morgan fingerprint density at radius 3 is 2.67 bits per heavy atom. The first-order valence-corrected chi connectivity index (χ1v) is 6.42. The van der Waals surface area contributed by atoms with Crippen molar-refractivity contribution in [1.29, 1.82) is 0 Å². The second-order valence-electron chi connectivity index (χ2n) is 4.41. The Labute approximate surface area is 121 Å². The fourth-order valence-electron chi connectivity index (χ4n) is 2.04. The predicted molar refractivity (Wildman–Crippen MR) is 76.2 cm³/mol. The van der Waals surface area contributed by atoms with Crippen molar-refractivity contribution >= 4 is 0 Å². The largest absolute Gasteiger partial charge is 0.480 e. The summed E-state index contributed by atoms with van der Waals surface area (Å²) in [5.41, 5.74) is 1.91. The van der Waals surface area contributed by atoms with Crippen LogP contribution in [0.15, 0.2) is 55.1 Å². The highest BCUT2D eigenvalue weighted by Gasteiger charge is 2.19. The molecule has 0 aliphatic heterocycles. The van der Waals surface area contributed by atoms with Crippen molar-refractivity contribution in [2.24, 2.45) is 0 Å². The van der Waals surface area contributed by atoms with E-state index in [1.807, 2.05) is 30.3 Å². The minimum Gasteiger partial charge on any atom is -0.480 e. The zero-order valence-electron chi connectivity index (χ0n) is 11.4. The molecular formula is C15H14N4O2. The van der Waals surface area contributed by atoms with Crippen molar-refractivity contribution in [1.82, 2.24) is 19.7 Å². The van der Waals surface area contributed by atoms with Gasteiger partial charge in [-0.05, 0) is 12.1 Å². The maximum absolute atomic E-state index is 10.4. The number of methoxy groups -OCH3 is 1. The summed E-state index contributed by atoms with van der Waals surface area (Å²) >= 11 is 0. The van der Waals surface area contributed by atoms with Gasteiger partial charge in [0, 0.05) is 24.2 Å². The number of nitrogens with zero attached hydrogens (tertiary/aromatic N) is 4. The number of hydrogen-bond donors (Lipinski definition) is 1. The molecule has 0 spiro atoms. The standard InChI is InChI=1S/C15H14N4O2/c1-21-15-13(16-7-8-17-15)14(20)11-9-18-19(10-11)12-5-3-2-4-6-12/h2-10,14,20H,1H3. The number of para-hydroxylation sites is 1. The molecular weight excluding hydrogens is 268 g/mol. The zero-order valence-corrected chi connectivity index (χ0v) is 11.4. The summed E-state index contributed by atoms with van der Waals surface area (Å²) in [6.45, 7) is 0. The summed E-state index contributed by atoms with van der Waals surface area (Å²) in [6.07, 6.45) is 5.46. The van der Waals surface area contributed by atoms with Gasteiger partial charge in [0.25, 0.3) is 0 Å². The molecule has 6 heteroatoms. The number of benzene rings is 1. The number of aliphatic hydroxyl groups is 1. The Kier molecular flexibility index (Phi) is 3.61. The molecule has 2 heterocycles. The van der Waals surface area contributed by atoms with Crippen molar-refractivity contribution in [3.05, 3.63) is 66.4 Å². The van der Waals surface area contributed by atoms with E-state index in [0.29, 0.717) is 17.1 Å². The molecule has 6 nitrogen and oxygen atoms in total. The Morgan fingerprint density at radius 1 is 1.14 bits per heavy atom. The maximum atomic E-state index is 10.4. The lowest BCUT2D eigenvalue weighted by Gasteiger charge is -2.10. The molecule has 1 N–H and O–H groups in total. The number of aliphatic hydroxyl groups excluding tert-OH is 1. The molecule has 0 bridgehead atoms.